The number of aromatic nitrogens is 4. The Morgan fingerprint density at radius 3 is 2.77 bits per heavy atom. The van der Waals surface area contributed by atoms with E-state index in [1.54, 1.807) is 0 Å². The molecule has 6 nitrogen and oxygen atoms in total. The maximum absolute atomic E-state index is 12.1. The van der Waals surface area contributed by atoms with Crippen molar-refractivity contribution in [3.63, 3.8) is 0 Å². The number of fused-ring (bicyclic) bond motifs is 1. The lowest BCUT2D eigenvalue weighted by atomic mass is 10.2. The fourth-order valence-electron chi connectivity index (χ4n) is 2.81. The van der Waals surface area contributed by atoms with Crippen LogP contribution in [0.1, 0.15) is 23.6 Å². The summed E-state index contributed by atoms with van der Waals surface area (Å²) in [4.78, 5) is 21.0. The van der Waals surface area contributed by atoms with Gasteiger partial charge in [0.1, 0.15) is 10.9 Å². The van der Waals surface area contributed by atoms with Gasteiger partial charge in [0.15, 0.2) is 0 Å². The van der Waals surface area contributed by atoms with Crippen LogP contribution in [0.2, 0.25) is 0 Å². The lowest BCUT2D eigenvalue weighted by Crippen LogP contribution is -2.27. The average molecular weight is 369 g/mol. The minimum absolute atomic E-state index is 0.0173. The molecule has 0 aliphatic heterocycles. The molecule has 0 radical (unpaired) electrons. The van der Waals surface area contributed by atoms with Crippen molar-refractivity contribution in [2.75, 3.05) is 12.3 Å². The summed E-state index contributed by atoms with van der Waals surface area (Å²) < 4.78 is 1.98. The minimum atomic E-state index is 0.0173. The van der Waals surface area contributed by atoms with Gasteiger partial charge in [0.2, 0.25) is 5.91 Å². The molecule has 0 bridgehead atoms. The predicted molar refractivity (Wildman–Crippen MR) is 104 cm³/mol. The monoisotopic (exact) mass is 369 g/mol. The number of para-hydroxylation sites is 1. The zero-order valence-electron chi connectivity index (χ0n) is 15.3. The number of carbonyl (C=O) groups excluding carboxylic acids is 1. The van der Waals surface area contributed by atoms with E-state index in [0.29, 0.717) is 12.3 Å². The predicted octanol–water partition coefficient (Wildman–Crippen LogP) is 3.05. The molecule has 3 rings (SSSR count). The molecule has 0 aliphatic rings. The first-order chi connectivity index (χ1) is 12.5. The maximum Gasteiger partial charge on any atom is 0.230 e. The topological polar surface area (TPSA) is 72.7 Å². The molecule has 1 amide bonds. The van der Waals surface area contributed by atoms with E-state index < -0.39 is 0 Å². The fraction of sp³-hybridized carbons (Fsp3) is 0.368. The van der Waals surface area contributed by atoms with Crippen LogP contribution in [0, 0.1) is 20.8 Å². The second-order valence-electron chi connectivity index (χ2n) is 6.24. The Bertz CT molecular complexity index is 921. The van der Waals surface area contributed by atoms with Crippen LogP contribution in [0.15, 0.2) is 35.4 Å². The largest absolute Gasteiger partial charge is 0.355 e. The van der Waals surface area contributed by atoms with E-state index in [1.165, 1.54) is 11.8 Å². The number of rotatable bonds is 7. The summed E-state index contributed by atoms with van der Waals surface area (Å²) in [5.74, 6) is 1.08. The Kier molecular flexibility index (Phi) is 5.88. The summed E-state index contributed by atoms with van der Waals surface area (Å²) in [5, 5.41) is 9.23. The molecule has 0 fully saturated rings. The zero-order chi connectivity index (χ0) is 18.5. The highest BCUT2D eigenvalue weighted by atomic mass is 32.2. The second-order valence-corrected chi connectivity index (χ2v) is 7.20. The van der Waals surface area contributed by atoms with Crippen molar-refractivity contribution in [2.45, 2.75) is 38.8 Å². The fourth-order valence-corrected chi connectivity index (χ4v) is 3.71. The standard InChI is InChI=1S/C19H23N5OS/c1-13-11-14(2)24(23-13)10-6-9-20-18(25)12-26-19-16-7-4-5-8-17(16)21-15(3)22-19/h4-5,7-8,11H,6,9-10,12H2,1-3H3,(H,20,25). The first-order valence-corrected chi connectivity index (χ1v) is 9.65. The third-order valence-corrected chi connectivity index (χ3v) is 4.98. The van der Waals surface area contributed by atoms with E-state index in [4.69, 9.17) is 0 Å². The van der Waals surface area contributed by atoms with Gasteiger partial charge < -0.3 is 5.32 Å². The Hall–Kier alpha value is -2.41. The number of carbonyl (C=O) groups is 1. The van der Waals surface area contributed by atoms with E-state index in [-0.39, 0.29) is 5.91 Å². The molecular formula is C19H23N5OS. The molecule has 1 aromatic carbocycles. The molecule has 0 saturated heterocycles. The zero-order valence-corrected chi connectivity index (χ0v) is 16.1. The van der Waals surface area contributed by atoms with Crippen LogP contribution in [0.3, 0.4) is 0 Å². The molecule has 26 heavy (non-hydrogen) atoms. The van der Waals surface area contributed by atoms with Gasteiger partial charge in [0.25, 0.3) is 0 Å². The van der Waals surface area contributed by atoms with Crippen LogP contribution in [-0.4, -0.2) is 38.0 Å². The van der Waals surface area contributed by atoms with Gasteiger partial charge in [0.05, 0.1) is 17.0 Å². The van der Waals surface area contributed by atoms with Crippen LogP contribution in [0.4, 0.5) is 0 Å². The molecule has 0 unspecified atom stereocenters. The van der Waals surface area contributed by atoms with Gasteiger partial charge >= 0.3 is 0 Å². The van der Waals surface area contributed by atoms with E-state index in [0.717, 1.165) is 46.1 Å². The Morgan fingerprint density at radius 1 is 1.19 bits per heavy atom. The number of thioether (sulfide) groups is 1. The van der Waals surface area contributed by atoms with Crippen LogP contribution in [0.25, 0.3) is 10.9 Å². The van der Waals surface area contributed by atoms with Crippen LogP contribution >= 0.6 is 11.8 Å². The molecule has 0 spiro atoms. The molecule has 0 atom stereocenters. The normalized spacial score (nSPS) is 11.0. The molecule has 3 aromatic rings. The van der Waals surface area contributed by atoms with Gasteiger partial charge in [-0.25, -0.2) is 9.97 Å². The van der Waals surface area contributed by atoms with Crippen molar-refractivity contribution < 1.29 is 4.79 Å². The quantitative estimate of drug-likeness (QED) is 0.394. The molecule has 7 heteroatoms. The number of nitrogens with one attached hydrogen (secondary N) is 1. The summed E-state index contributed by atoms with van der Waals surface area (Å²) in [6.07, 6.45) is 0.855. The van der Waals surface area contributed by atoms with Crippen LogP contribution in [-0.2, 0) is 11.3 Å². The summed E-state index contributed by atoms with van der Waals surface area (Å²) in [6.45, 7) is 7.35. The van der Waals surface area contributed by atoms with Gasteiger partial charge in [-0.1, -0.05) is 30.0 Å². The SMILES string of the molecule is Cc1cc(C)n(CCCNC(=O)CSc2nc(C)nc3ccccc23)n1. The molecule has 1 N–H and O–H groups in total. The first kappa shape index (κ1) is 18.4. The van der Waals surface area contributed by atoms with Crippen LogP contribution < -0.4 is 5.32 Å². The molecular weight excluding hydrogens is 346 g/mol. The minimum Gasteiger partial charge on any atom is -0.355 e. The maximum atomic E-state index is 12.1. The Morgan fingerprint density at radius 2 is 2.00 bits per heavy atom. The molecule has 2 heterocycles. The molecule has 0 saturated carbocycles. The van der Waals surface area contributed by atoms with Crippen molar-refractivity contribution in [3.05, 3.63) is 47.5 Å². The smallest absolute Gasteiger partial charge is 0.230 e. The summed E-state index contributed by atoms with van der Waals surface area (Å²) in [5.41, 5.74) is 3.08. The Labute approximate surface area is 157 Å². The molecule has 2 aromatic heterocycles. The summed E-state index contributed by atoms with van der Waals surface area (Å²) in [6, 6.07) is 9.93. The highest BCUT2D eigenvalue weighted by Crippen LogP contribution is 2.24. The third kappa shape index (κ3) is 4.60. The van der Waals surface area contributed by atoms with E-state index in [1.807, 2.05) is 49.7 Å². The summed E-state index contributed by atoms with van der Waals surface area (Å²) in [7, 11) is 0. The van der Waals surface area contributed by atoms with Crippen molar-refractivity contribution in [1.82, 2.24) is 25.1 Å². The number of nitrogens with zero attached hydrogens (tertiary/aromatic N) is 4. The number of hydrogen-bond donors (Lipinski definition) is 1. The molecule has 0 aliphatic carbocycles. The molecule has 136 valence electrons. The number of benzene rings is 1. The number of hydrogen-bond acceptors (Lipinski definition) is 5. The van der Waals surface area contributed by atoms with E-state index in [2.05, 4.69) is 26.4 Å². The van der Waals surface area contributed by atoms with Crippen molar-refractivity contribution in [1.29, 1.82) is 0 Å². The number of amides is 1. The van der Waals surface area contributed by atoms with Gasteiger partial charge in [-0.05, 0) is 39.3 Å². The van der Waals surface area contributed by atoms with E-state index >= 15 is 0 Å². The summed E-state index contributed by atoms with van der Waals surface area (Å²) >= 11 is 1.45. The highest BCUT2D eigenvalue weighted by molar-refractivity contribution is 8.00. The second kappa shape index (κ2) is 8.31. The van der Waals surface area contributed by atoms with Gasteiger partial charge in [-0.3, -0.25) is 9.48 Å². The van der Waals surface area contributed by atoms with Crippen LogP contribution in [0.5, 0.6) is 0 Å². The van der Waals surface area contributed by atoms with Crippen molar-refractivity contribution in [2.24, 2.45) is 0 Å². The van der Waals surface area contributed by atoms with Gasteiger partial charge in [-0.15, -0.1) is 0 Å². The van der Waals surface area contributed by atoms with E-state index in [9.17, 15) is 4.79 Å². The lowest BCUT2D eigenvalue weighted by molar-refractivity contribution is -0.118. The average Bonchev–Trinajstić information content (AvgIpc) is 2.93. The van der Waals surface area contributed by atoms with Gasteiger partial charge in [0, 0.05) is 24.2 Å². The van der Waals surface area contributed by atoms with Crippen molar-refractivity contribution in [3.8, 4) is 0 Å². The van der Waals surface area contributed by atoms with Gasteiger partial charge in [-0.2, -0.15) is 5.10 Å². The number of aryl methyl sites for hydroxylation is 4. The lowest BCUT2D eigenvalue weighted by Gasteiger charge is -2.08. The third-order valence-electron chi connectivity index (χ3n) is 3.99. The Balaban J connectivity index is 1.48. The first-order valence-electron chi connectivity index (χ1n) is 8.67. The highest BCUT2D eigenvalue weighted by Gasteiger charge is 2.09. The van der Waals surface area contributed by atoms with Crippen molar-refractivity contribution >= 4 is 28.6 Å².